The lowest BCUT2D eigenvalue weighted by atomic mass is 9.92. The average Bonchev–Trinajstić information content (AvgIpc) is 2.42. The molecular formula is C16H25BrN2. The van der Waals surface area contributed by atoms with Crippen LogP contribution in [0.5, 0.6) is 0 Å². The highest BCUT2D eigenvalue weighted by atomic mass is 79.9. The number of nitrogens with zero attached hydrogens (tertiary/aromatic N) is 1. The Bertz CT molecular complexity index is 446. The molecule has 3 heteroatoms. The van der Waals surface area contributed by atoms with Crippen LogP contribution < -0.4 is 10.2 Å². The first-order chi connectivity index (χ1) is 9.00. The lowest BCUT2D eigenvalue weighted by Crippen LogP contribution is -2.62. The highest BCUT2D eigenvalue weighted by Gasteiger charge is 2.34. The summed E-state index contributed by atoms with van der Waals surface area (Å²) < 4.78 is 1.24. The minimum absolute atomic E-state index is 0.217. The van der Waals surface area contributed by atoms with Gasteiger partial charge in [0.15, 0.2) is 0 Å². The quantitative estimate of drug-likeness (QED) is 0.899. The molecule has 0 aliphatic carbocycles. The van der Waals surface area contributed by atoms with Gasteiger partial charge in [-0.1, -0.05) is 26.0 Å². The largest absolute Gasteiger partial charge is 0.365 e. The number of benzene rings is 1. The number of hydrogen-bond donors (Lipinski definition) is 1. The molecule has 0 radical (unpaired) electrons. The molecule has 0 bridgehead atoms. The minimum Gasteiger partial charge on any atom is -0.365 e. The Morgan fingerprint density at radius 3 is 2.79 bits per heavy atom. The maximum absolute atomic E-state index is 3.77. The van der Waals surface area contributed by atoms with Crippen molar-refractivity contribution in [3.8, 4) is 0 Å². The van der Waals surface area contributed by atoms with Gasteiger partial charge in [0.2, 0.25) is 0 Å². The minimum atomic E-state index is 0.217. The number of aryl methyl sites for hydroxylation is 1. The Hall–Kier alpha value is -0.540. The molecule has 2 atom stereocenters. The van der Waals surface area contributed by atoms with Crippen LogP contribution in [0.25, 0.3) is 0 Å². The van der Waals surface area contributed by atoms with E-state index in [0.29, 0.717) is 6.04 Å². The van der Waals surface area contributed by atoms with Gasteiger partial charge in [-0.05, 0) is 54.2 Å². The summed E-state index contributed by atoms with van der Waals surface area (Å²) in [5.74, 6) is 0. The molecule has 1 aliphatic rings. The standard InChI is InChI=1S/C16H25BrN2/c1-5-13-10-18-16(4,6-2)11-19(13)14-9-7-8-12(3)15(14)17/h7-9,13,18H,5-6,10-11H2,1-4H3. The van der Waals surface area contributed by atoms with Crippen molar-refractivity contribution < 1.29 is 0 Å². The van der Waals surface area contributed by atoms with Crippen LogP contribution in [-0.4, -0.2) is 24.7 Å². The smallest absolute Gasteiger partial charge is 0.0516 e. The van der Waals surface area contributed by atoms with E-state index in [4.69, 9.17) is 0 Å². The first-order valence-corrected chi connectivity index (χ1v) is 8.07. The lowest BCUT2D eigenvalue weighted by Gasteiger charge is -2.47. The molecule has 2 unspecified atom stereocenters. The van der Waals surface area contributed by atoms with Crippen LogP contribution in [0.4, 0.5) is 5.69 Å². The first kappa shape index (κ1) is 14.9. The zero-order chi connectivity index (χ0) is 14.0. The summed E-state index contributed by atoms with van der Waals surface area (Å²) in [6, 6.07) is 7.14. The number of rotatable bonds is 3. The molecule has 1 aromatic carbocycles. The van der Waals surface area contributed by atoms with Gasteiger partial charge in [0.1, 0.15) is 0 Å². The van der Waals surface area contributed by atoms with Gasteiger partial charge in [-0.3, -0.25) is 0 Å². The maximum Gasteiger partial charge on any atom is 0.0516 e. The summed E-state index contributed by atoms with van der Waals surface area (Å²) in [5.41, 5.74) is 2.87. The van der Waals surface area contributed by atoms with Gasteiger partial charge in [-0.2, -0.15) is 0 Å². The fourth-order valence-electron chi connectivity index (χ4n) is 2.77. The molecule has 1 N–H and O–H groups in total. The number of hydrogen-bond acceptors (Lipinski definition) is 2. The Labute approximate surface area is 125 Å². The molecule has 1 heterocycles. The molecule has 0 aromatic heterocycles. The van der Waals surface area contributed by atoms with Gasteiger partial charge in [0, 0.05) is 29.1 Å². The van der Waals surface area contributed by atoms with Crippen LogP contribution in [-0.2, 0) is 0 Å². The average molecular weight is 325 g/mol. The van der Waals surface area contributed by atoms with E-state index in [1.54, 1.807) is 0 Å². The van der Waals surface area contributed by atoms with Crippen LogP contribution in [0.3, 0.4) is 0 Å². The van der Waals surface area contributed by atoms with Gasteiger partial charge >= 0.3 is 0 Å². The molecule has 1 fully saturated rings. The molecule has 106 valence electrons. The fourth-order valence-corrected chi connectivity index (χ4v) is 3.26. The summed E-state index contributed by atoms with van der Waals surface area (Å²) in [5, 5.41) is 3.72. The summed E-state index contributed by atoms with van der Waals surface area (Å²) in [6.45, 7) is 11.2. The van der Waals surface area contributed by atoms with E-state index in [-0.39, 0.29) is 5.54 Å². The SMILES string of the molecule is CCC1CNC(C)(CC)CN1c1cccc(C)c1Br. The fraction of sp³-hybridized carbons (Fsp3) is 0.625. The molecule has 0 amide bonds. The van der Waals surface area contributed by atoms with Crippen molar-refractivity contribution in [1.29, 1.82) is 0 Å². The highest BCUT2D eigenvalue weighted by Crippen LogP contribution is 2.34. The maximum atomic E-state index is 3.77. The zero-order valence-corrected chi connectivity index (χ0v) is 14.0. The second-order valence-corrected chi connectivity index (χ2v) is 6.69. The Balaban J connectivity index is 2.35. The lowest BCUT2D eigenvalue weighted by molar-refractivity contribution is 0.276. The molecule has 1 saturated heterocycles. The van der Waals surface area contributed by atoms with Crippen molar-refractivity contribution in [2.24, 2.45) is 0 Å². The van der Waals surface area contributed by atoms with E-state index in [0.717, 1.165) is 19.5 Å². The van der Waals surface area contributed by atoms with Gasteiger partial charge in [-0.15, -0.1) is 0 Å². The van der Waals surface area contributed by atoms with Crippen molar-refractivity contribution in [3.05, 3.63) is 28.2 Å². The normalized spacial score (nSPS) is 27.6. The van der Waals surface area contributed by atoms with Gasteiger partial charge in [0.25, 0.3) is 0 Å². The molecule has 2 nitrogen and oxygen atoms in total. The summed E-state index contributed by atoms with van der Waals surface area (Å²) in [4.78, 5) is 2.58. The number of nitrogens with one attached hydrogen (secondary N) is 1. The summed E-state index contributed by atoms with van der Waals surface area (Å²) in [6.07, 6.45) is 2.33. The van der Waals surface area contributed by atoms with Crippen LogP contribution in [0.2, 0.25) is 0 Å². The monoisotopic (exact) mass is 324 g/mol. The van der Waals surface area contributed by atoms with Crippen LogP contribution >= 0.6 is 15.9 Å². The van der Waals surface area contributed by atoms with Crippen molar-refractivity contribution in [2.75, 3.05) is 18.0 Å². The molecular weight excluding hydrogens is 300 g/mol. The third-order valence-corrected chi connectivity index (χ3v) is 5.49. The highest BCUT2D eigenvalue weighted by molar-refractivity contribution is 9.10. The number of anilines is 1. The second-order valence-electron chi connectivity index (χ2n) is 5.89. The van der Waals surface area contributed by atoms with Crippen LogP contribution in [0.1, 0.15) is 39.2 Å². The van der Waals surface area contributed by atoms with E-state index in [2.05, 4.69) is 72.0 Å². The Morgan fingerprint density at radius 1 is 1.42 bits per heavy atom. The predicted octanol–water partition coefficient (Wildman–Crippen LogP) is 4.11. The van der Waals surface area contributed by atoms with Gasteiger partial charge in [-0.25, -0.2) is 0 Å². The Morgan fingerprint density at radius 2 is 2.16 bits per heavy atom. The van der Waals surface area contributed by atoms with Crippen molar-refractivity contribution in [1.82, 2.24) is 5.32 Å². The first-order valence-electron chi connectivity index (χ1n) is 7.27. The molecule has 2 rings (SSSR count). The van der Waals surface area contributed by atoms with E-state index >= 15 is 0 Å². The summed E-state index contributed by atoms with van der Waals surface area (Å²) >= 11 is 3.77. The molecule has 1 aliphatic heterocycles. The van der Waals surface area contributed by atoms with Crippen LogP contribution in [0, 0.1) is 6.92 Å². The van der Waals surface area contributed by atoms with E-state index in [1.807, 2.05) is 0 Å². The topological polar surface area (TPSA) is 15.3 Å². The number of halogens is 1. The molecule has 0 spiro atoms. The second kappa shape index (κ2) is 5.84. The zero-order valence-electron chi connectivity index (χ0n) is 12.5. The van der Waals surface area contributed by atoms with Gasteiger partial charge in [0.05, 0.1) is 5.69 Å². The number of piperazine rings is 1. The van der Waals surface area contributed by atoms with Crippen molar-refractivity contribution >= 4 is 21.6 Å². The van der Waals surface area contributed by atoms with Crippen LogP contribution in [0.15, 0.2) is 22.7 Å². The predicted molar refractivity (Wildman–Crippen MR) is 87.0 cm³/mol. The Kier molecular flexibility index (Phi) is 4.57. The molecule has 19 heavy (non-hydrogen) atoms. The third kappa shape index (κ3) is 2.97. The molecule has 1 aromatic rings. The van der Waals surface area contributed by atoms with E-state index in [1.165, 1.54) is 22.1 Å². The summed E-state index contributed by atoms with van der Waals surface area (Å²) in [7, 11) is 0. The van der Waals surface area contributed by atoms with Gasteiger partial charge < -0.3 is 10.2 Å². The van der Waals surface area contributed by atoms with Crippen molar-refractivity contribution in [2.45, 2.75) is 52.1 Å². The van der Waals surface area contributed by atoms with E-state index < -0.39 is 0 Å². The van der Waals surface area contributed by atoms with Crippen molar-refractivity contribution in [3.63, 3.8) is 0 Å². The third-order valence-electron chi connectivity index (χ3n) is 4.46. The van der Waals surface area contributed by atoms with E-state index in [9.17, 15) is 0 Å². The molecule has 0 saturated carbocycles.